The van der Waals surface area contributed by atoms with Gasteiger partial charge in [-0.05, 0) is 72.2 Å². The molecule has 43 heavy (non-hydrogen) atoms. The summed E-state index contributed by atoms with van der Waals surface area (Å²) in [5.74, 6) is -0.773. The van der Waals surface area contributed by atoms with E-state index >= 15 is 0 Å². The molecule has 0 radical (unpaired) electrons. The summed E-state index contributed by atoms with van der Waals surface area (Å²) in [7, 11) is 0. The molecule has 2 amide bonds. The summed E-state index contributed by atoms with van der Waals surface area (Å²) in [6.07, 6.45) is 10.0. The fourth-order valence-corrected chi connectivity index (χ4v) is 8.62. The molecule has 2 N–H and O–H groups in total. The van der Waals surface area contributed by atoms with Gasteiger partial charge in [-0.25, -0.2) is 0 Å². The minimum Gasteiger partial charge on any atom is -0.295 e. The van der Waals surface area contributed by atoms with Gasteiger partial charge < -0.3 is 0 Å². The molecule has 7 nitrogen and oxygen atoms in total. The molecule has 0 aromatic heterocycles. The van der Waals surface area contributed by atoms with Crippen LogP contribution in [0.1, 0.15) is 128 Å². The molecule has 0 heterocycles. The SMILES string of the molecule is CCC(C)(C)CC[C@@](C)(CC[C@]1(C)C(C)C(=O)C=C2[C@@]3(C)C=C(C#N)C(=O)C(C)(C)[C@@H]3CC[C@]21C)CC(=O)NNC(C)=O. The topological polar surface area (TPSA) is 116 Å². The van der Waals surface area contributed by atoms with Crippen LogP contribution in [0, 0.1) is 55.7 Å². The van der Waals surface area contributed by atoms with Crippen LogP contribution < -0.4 is 10.9 Å². The first kappa shape index (κ1) is 34.7. The number of nitrogens with one attached hydrogen (secondary N) is 2. The van der Waals surface area contributed by atoms with Crippen LogP contribution >= 0.6 is 0 Å². The van der Waals surface area contributed by atoms with Crippen molar-refractivity contribution in [3.63, 3.8) is 0 Å². The summed E-state index contributed by atoms with van der Waals surface area (Å²) in [5, 5.41) is 9.91. The number of amides is 2. The number of carbonyl (C=O) groups is 4. The number of carbonyl (C=O) groups excluding carboxylic acids is 4. The van der Waals surface area contributed by atoms with Crippen molar-refractivity contribution in [1.82, 2.24) is 10.9 Å². The molecule has 1 unspecified atom stereocenters. The Kier molecular flexibility index (Phi) is 9.40. The van der Waals surface area contributed by atoms with Gasteiger partial charge in [-0.15, -0.1) is 0 Å². The zero-order chi connectivity index (χ0) is 32.8. The Hall–Kier alpha value is -2.75. The van der Waals surface area contributed by atoms with Crippen LogP contribution in [0.5, 0.6) is 0 Å². The number of ketones is 2. The molecule has 0 saturated heterocycles. The summed E-state index contributed by atoms with van der Waals surface area (Å²) in [5.41, 5.74) is 4.01. The van der Waals surface area contributed by atoms with E-state index in [1.165, 1.54) is 6.92 Å². The van der Waals surface area contributed by atoms with Gasteiger partial charge in [-0.1, -0.05) is 87.3 Å². The molecule has 1 fully saturated rings. The molecule has 7 heteroatoms. The van der Waals surface area contributed by atoms with Crippen LogP contribution in [-0.4, -0.2) is 23.4 Å². The second kappa shape index (κ2) is 11.6. The molecule has 0 bridgehead atoms. The van der Waals surface area contributed by atoms with Crippen LogP contribution in [0.25, 0.3) is 0 Å². The highest BCUT2D eigenvalue weighted by Gasteiger charge is 2.64. The second-order valence-corrected chi connectivity index (χ2v) is 16.3. The Bertz CT molecular complexity index is 1290. The average molecular weight is 594 g/mol. The molecule has 3 aliphatic rings. The van der Waals surface area contributed by atoms with E-state index in [1.54, 1.807) is 0 Å². The summed E-state index contributed by atoms with van der Waals surface area (Å²) < 4.78 is 0. The van der Waals surface area contributed by atoms with E-state index in [2.05, 4.69) is 65.4 Å². The quantitative estimate of drug-likeness (QED) is 0.275. The number of Topliss-reactive ketones (excluding diaryl/α,β-unsaturated/α-hetero) is 1. The third-order valence-electron chi connectivity index (χ3n) is 12.6. The van der Waals surface area contributed by atoms with E-state index in [0.29, 0.717) is 0 Å². The van der Waals surface area contributed by atoms with E-state index in [4.69, 9.17) is 0 Å². The van der Waals surface area contributed by atoms with Gasteiger partial charge in [0.2, 0.25) is 11.8 Å². The van der Waals surface area contributed by atoms with Crippen molar-refractivity contribution >= 4 is 23.4 Å². The minimum atomic E-state index is -0.703. The number of hydrogen-bond donors (Lipinski definition) is 2. The molecule has 6 atom stereocenters. The second-order valence-electron chi connectivity index (χ2n) is 16.3. The molecular formula is C36H55N3O4. The van der Waals surface area contributed by atoms with Crippen molar-refractivity contribution in [1.29, 1.82) is 5.26 Å². The Balaban J connectivity index is 2.03. The first-order valence-electron chi connectivity index (χ1n) is 16.1. The van der Waals surface area contributed by atoms with Crippen molar-refractivity contribution < 1.29 is 19.2 Å². The minimum absolute atomic E-state index is 0.00612. The van der Waals surface area contributed by atoms with Crippen LogP contribution in [0.3, 0.4) is 0 Å². The number of rotatable bonds is 9. The van der Waals surface area contributed by atoms with Crippen LogP contribution in [0.4, 0.5) is 0 Å². The lowest BCUT2D eigenvalue weighted by molar-refractivity contribution is -0.138. The van der Waals surface area contributed by atoms with Gasteiger partial charge in [-0.3, -0.25) is 30.0 Å². The highest BCUT2D eigenvalue weighted by Crippen LogP contribution is 2.70. The zero-order valence-electron chi connectivity index (χ0n) is 28.5. The third kappa shape index (κ3) is 6.13. The van der Waals surface area contributed by atoms with Gasteiger partial charge >= 0.3 is 0 Å². The summed E-state index contributed by atoms with van der Waals surface area (Å²) in [6, 6.07) is 2.16. The highest BCUT2D eigenvalue weighted by atomic mass is 16.2. The van der Waals surface area contributed by atoms with Crippen LogP contribution in [0.2, 0.25) is 0 Å². The molecule has 238 valence electrons. The van der Waals surface area contributed by atoms with E-state index < -0.39 is 16.2 Å². The molecule has 0 aromatic rings. The number of nitrogens with zero attached hydrogens (tertiary/aromatic N) is 1. The van der Waals surface area contributed by atoms with Gasteiger partial charge in [0.15, 0.2) is 11.6 Å². The number of nitriles is 1. The highest BCUT2D eigenvalue weighted by molar-refractivity contribution is 6.04. The standard InChI is InChI=1S/C36H55N3O4/c1-12-31(4,5)15-16-33(8,21-29(42)39-38-24(3)40)17-18-35(10)23(2)26(41)19-28-34(9)20-25(22-37)30(43)32(6,7)27(34)13-14-36(28,35)11/h19-20,23,27H,12-18,21H2,1-11H3,(H,38,40)(H,39,42)/t23?,27-,33-,34-,35+,36+/m0/s1. The Labute approximate surface area is 259 Å². The monoisotopic (exact) mass is 593 g/mol. The first-order valence-corrected chi connectivity index (χ1v) is 16.1. The number of hydrogen-bond acceptors (Lipinski definition) is 5. The van der Waals surface area contributed by atoms with E-state index in [9.17, 15) is 24.4 Å². The van der Waals surface area contributed by atoms with Crippen LogP contribution in [-0.2, 0) is 19.2 Å². The van der Waals surface area contributed by atoms with Gasteiger partial charge in [0.05, 0.1) is 5.57 Å². The first-order chi connectivity index (χ1) is 19.6. The zero-order valence-corrected chi connectivity index (χ0v) is 28.5. The number of allylic oxidation sites excluding steroid dienone is 4. The van der Waals surface area contributed by atoms with E-state index in [0.717, 1.165) is 50.5 Å². The fraction of sp³-hybridized carbons (Fsp3) is 0.750. The summed E-state index contributed by atoms with van der Waals surface area (Å²) >= 11 is 0. The lowest BCUT2D eigenvalue weighted by Crippen LogP contribution is -2.59. The summed E-state index contributed by atoms with van der Waals surface area (Å²) in [6.45, 7) is 22.8. The van der Waals surface area contributed by atoms with Gasteiger partial charge in [0.1, 0.15) is 6.07 Å². The van der Waals surface area contributed by atoms with Crippen LogP contribution in [0.15, 0.2) is 23.3 Å². The number of hydrazine groups is 1. The number of fused-ring (bicyclic) bond motifs is 3. The maximum Gasteiger partial charge on any atom is 0.238 e. The van der Waals surface area contributed by atoms with Gasteiger partial charge in [-0.2, -0.15) is 5.26 Å². The maximum absolute atomic E-state index is 13.8. The predicted molar refractivity (Wildman–Crippen MR) is 169 cm³/mol. The average Bonchev–Trinajstić information content (AvgIpc) is 2.92. The van der Waals surface area contributed by atoms with Crippen molar-refractivity contribution in [2.75, 3.05) is 0 Å². The summed E-state index contributed by atoms with van der Waals surface area (Å²) in [4.78, 5) is 51.5. The molecule has 1 saturated carbocycles. The molecule has 0 aromatic carbocycles. The molecule has 0 spiro atoms. The molecule has 3 aliphatic carbocycles. The van der Waals surface area contributed by atoms with Crippen molar-refractivity contribution in [2.24, 2.45) is 44.3 Å². The normalized spacial score (nSPS) is 33.2. The third-order valence-corrected chi connectivity index (χ3v) is 12.6. The Morgan fingerprint density at radius 1 is 1.05 bits per heavy atom. The van der Waals surface area contributed by atoms with E-state index in [-0.39, 0.29) is 63.5 Å². The largest absolute Gasteiger partial charge is 0.295 e. The lowest BCUT2D eigenvalue weighted by atomic mass is 9.39. The molecular weight excluding hydrogens is 538 g/mol. The van der Waals surface area contributed by atoms with Gasteiger partial charge in [0, 0.05) is 30.1 Å². The van der Waals surface area contributed by atoms with Crippen molar-refractivity contribution in [3.8, 4) is 6.07 Å². The predicted octanol–water partition coefficient (Wildman–Crippen LogP) is 7.18. The van der Waals surface area contributed by atoms with Crippen molar-refractivity contribution in [3.05, 3.63) is 23.3 Å². The molecule has 0 aliphatic heterocycles. The van der Waals surface area contributed by atoms with Gasteiger partial charge in [0.25, 0.3) is 0 Å². The molecule has 3 rings (SSSR count). The lowest BCUT2D eigenvalue weighted by Gasteiger charge is -2.64. The fourth-order valence-electron chi connectivity index (χ4n) is 8.62. The van der Waals surface area contributed by atoms with E-state index in [1.807, 2.05) is 32.9 Å². The Morgan fingerprint density at radius 2 is 1.67 bits per heavy atom. The maximum atomic E-state index is 13.8. The van der Waals surface area contributed by atoms with Crippen molar-refractivity contribution in [2.45, 2.75) is 128 Å². The smallest absolute Gasteiger partial charge is 0.238 e. The Morgan fingerprint density at radius 3 is 2.23 bits per heavy atom.